The van der Waals surface area contributed by atoms with Crippen molar-refractivity contribution in [1.29, 1.82) is 0 Å². The van der Waals surface area contributed by atoms with Crippen molar-refractivity contribution in [2.45, 2.75) is 32.5 Å². The molecule has 0 saturated heterocycles. The average Bonchev–Trinajstić information content (AvgIpc) is 3.25. The van der Waals surface area contributed by atoms with Crippen LogP contribution in [0.15, 0.2) is 77.8 Å². The quantitative estimate of drug-likeness (QED) is 0.134. The van der Waals surface area contributed by atoms with Crippen molar-refractivity contribution in [2.75, 3.05) is 6.54 Å². The second-order valence-electron chi connectivity index (χ2n) is 8.80. The van der Waals surface area contributed by atoms with Crippen molar-refractivity contribution in [3.05, 3.63) is 95.1 Å². The molecule has 0 fully saturated rings. The first-order valence-electron chi connectivity index (χ1n) is 12.4. The summed E-state index contributed by atoms with van der Waals surface area (Å²) in [6, 6.07) is 22.9. The molecule has 40 heavy (non-hydrogen) atoms. The number of unbranched alkanes of at least 4 members (excludes halogenated alkanes) is 1. The first kappa shape index (κ1) is 29.9. The number of aliphatic imine (C=N–C) groups is 1. The largest absolute Gasteiger partial charge is 0.494 e. The lowest BCUT2D eigenvalue weighted by Gasteiger charge is -2.09. The van der Waals surface area contributed by atoms with E-state index in [4.69, 9.17) is 20.6 Å². The molecular weight excluding hydrogens is 525 g/mol. The Kier molecular flexibility index (Phi) is 10.0. The van der Waals surface area contributed by atoms with Crippen molar-refractivity contribution in [2.24, 2.45) is 10.7 Å². The topological polar surface area (TPSA) is 141 Å². The van der Waals surface area contributed by atoms with Crippen LogP contribution >= 0.6 is 0 Å². The Morgan fingerprint density at radius 1 is 1.00 bits per heavy atom. The number of carboxylic acids is 1. The van der Waals surface area contributed by atoms with E-state index in [1.807, 2.05) is 42.5 Å². The number of aromatic amines is 1. The molecule has 0 radical (unpaired) electrons. The van der Waals surface area contributed by atoms with Crippen LogP contribution in [0.25, 0.3) is 10.9 Å². The van der Waals surface area contributed by atoms with Crippen LogP contribution < -0.4 is 11.1 Å². The number of aromatic hydroxyl groups is 1. The van der Waals surface area contributed by atoms with Gasteiger partial charge in [0.05, 0.1) is 17.0 Å². The number of rotatable bonds is 9. The smallest absolute Gasteiger partial charge is 0.490 e. The number of nitrogens with one attached hydrogen (secondary N) is 2. The lowest BCUT2D eigenvalue weighted by molar-refractivity contribution is -0.192. The van der Waals surface area contributed by atoms with Gasteiger partial charge in [-0.1, -0.05) is 61.9 Å². The summed E-state index contributed by atoms with van der Waals surface area (Å²) in [7, 11) is 0. The molecule has 0 aliphatic carbocycles. The van der Waals surface area contributed by atoms with Gasteiger partial charge in [-0.15, -0.1) is 0 Å². The number of nitrogens with two attached hydrogens (primary N) is 1. The predicted molar refractivity (Wildman–Crippen MR) is 147 cm³/mol. The van der Waals surface area contributed by atoms with E-state index in [0.29, 0.717) is 22.4 Å². The second kappa shape index (κ2) is 13.4. The number of primary amides is 1. The van der Waals surface area contributed by atoms with Crippen LogP contribution in [0.4, 0.5) is 18.9 Å². The maximum Gasteiger partial charge on any atom is 0.490 e. The summed E-state index contributed by atoms with van der Waals surface area (Å²) in [6.45, 7) is 3.94. The van der Waals surface area contributed by atoms with Crippen molar-refractivity contribution in [1.82, 2.24) is 10.3 Å². The predicted octanol–water partition coefficient (Wildman–Crippen LogP) is 5.66. The third-order valence-corrected chi connectivity index (χ3v) is 5.78. The second-order valence-corrected chi connectivity index (χ2v) is 8.80. The number of fused-ring (bicyclic) bond motifs is 1. The van der Waals surface area contributed by atoms with Gasteiger partial charge < -0.3 is 26.2 Å². The van der Waals surface area contributed by atoms with Crippen molar-refractivity contribution >= 4 is 34.2 Å². The van der Waals surface area contributed by atoms with E-state index in [1.54, 1.807) is 18.2 Å². The number of benzene rings is 3. The first-order valence-corrected chi connectivity index (χ1v) is 12.4. The van der Waals surface area contributed by atoms with Crippen molar-refractivity contribution < 1.29 is 33.0 Å². The number of aliphatic carboxylic acids is 1. The van der Waals surface area contributed by atoms with Crippen molar-refractivity contribution in [3.63, 3.8) is 0 Å². The van der Waals surface area contributed by atoms with Gasteiger partial charge in [-0.2, -0.15) is 13.2 Å². The number of hydrogen-bond acceptors (Lipinski definition) is 5. The van der Waals surface area contributed by atoms with Gasteiger partial charge in [0.2, 0.25) is 5.91 Å². The minimum absolute atomic E-state index is 0.00777. The molecule has 0 atom stereocenters. The SMILES string of the molecule is CCCCNCc1cccc(N=C(c2ccccc2)c2c(O)[nH]c3cc(C(N)=O)ccc23)c1.O=C(O)C(F)(F)F. The minimum atomic E-state index is -5.08. The monoisotopic (exact) mass is 554 g/mol. The molecule has 8 nitrogen and oxygen atoms in total. The Labute approximate surface area is 228 Å². The van der Waals surface area contributed by atoms with Gasteiger partial charge >= 0.3 is 12.1 Å². The molecule has 0 saturated carbocycles. The number of aromatic nitrogens is 1. The molecule has 4 rings (SSSR count). The third kappa shape index (κ3) is 7.93. The molecule has 11 heteroatoms. The highest BCUT2D eigenvalue weighted by Gasteiger charge is 2.38. The molecule has 0 aliphatic heterocycles. The van der Waals surface area contributed by atoms with E-state index < -0.39 is 18.1 Å². The van der Waals surface area contributed by atoms with E-state index in [9.17, 15) is 23.1 Å². The van der Waals surface area contributed by atoms with Crippen LogP contribution in [-0.2, 0) is 11.3 Å². The maximum absolute atomic E-state index is 11.6. The molecule has 210 valence electrons. The minimum Gasteiger partial charge on any atom is -0.494 e. The summed E-state index contributed by atoms with van der Waals surface area (Å²) in [5, 5.41) is 22.2. The highest BCUT2D eigenvalue weighted by atomic mass is 19.4. The number of carbonyl (C=O) groups is 2. The lowest BCUT2D eigenvalue weighted by Crippen LogP contribution is -2.21. The molecule has 3 aromatic carbocycles. The van der Waals surface area contributed by atoms with E-state index in [2.05, 4.69) is 29.4 Å². The third-order valence-electron chi connectivity index (χ3n) is 5.78. The first-order chi connectivity index (χ1) is 19.0. The fourth-order valence-corrected chi connectivity index (χ4v) is 3.84. The molecule has 0 bridgehead atoms. The van der Waals surface area contributed by atoms with Gasteiger partial charge in [0, 0.05) is 28.6 Å². The number of halogens is 3. The summed E-state index contributed by atoms with van der Waals surface area (Å²) in [6.07, 6.45) is -2.78. The fourth-order valence-electron chi connectivity index (χ4n) is 3.84. The Bertz CT molecular complexity index is 1500. The Balaban J connectivity index is 0.000000559. The van der Waals surface area contributed by atoms with Crippen LogP contribution in [0.3, 0.4) is 0 Å². The summed E-state index contributed by atoms with van der Waals surface area (Å²) in [5.41, 5.74) is 10.5. The number of amides is 1. The number of hydrogen-bond donors (Lipinski definition) is 5. The zero-order valence-electron chi connectivity index (χ0n) is 21.6. The summed E-state index contributed by atoms with van der Waals surface area (Å²) >= 11 is 0. The van der Waals surface area contributed by atoms with Gasteiger partial charge in [0.25, 0.3) is 0 Å². The zero-order valence-corrected chi connectivity index (χ0v) is 21.6. The van der Waals surface area contributed by atoms with Gasteiger partial charge in [0.15, 0.2) is 5.88 Å². The Morgan fingerprint density at radius 3 is 2.33 bits per heavy atom. The molecular formula is C29H29F3N4O4. The zero-order chi connectivity index (χ0) is 29.3. The molecule has 0 unspecified atom stereocenters. The highest BCUT2D eigenvalue weighted by molar-refractivity contribution is 6.22. The number of nitrogens with zero attached hydrogens (tertiary/aromatic N) is 1. The van der Waals surface area contributed by atoms with Gasteiger partial charge in [0.1, 0.15) is 0 Å². The molecule has 0 spiro atoms. The van der Waals surface area contributed by atoms with Crippen molar-refractivity contribution in [3.8, 4) is 5.88 Å². The van der Waals surface area contributed by atoms with Crippen LogP contribution in [-0.4, -0.2) is 45.5 Å². The molecule has 1 amide bonds. The molecule has 4 aromatic rings. The fraction of sp³-hybridized carbons (Fsp3) is 0.207. The number of alkyl halides is 3. The Hall–Kier alpha value is -4.64. The molecule has 1 aromatic heterocycles. The summed E-state index contributed by atoms with van der Waals surface area (Å²) in [5.74, 6) is -3.28. The van der Waals surface area contributed by atoms with Gasteiger partial charge in [-0.05, 0) is 42.8 Å². The van der Waals surface area contributed by atoms with Crippen LogP contribution in [0.2, 0.25) is 0 Å². The van der Waals surface area contributed by atoms with Crippen LogP contribution in [0, 0.1) is 0 Å². The van der Waals surface area contributed by atoms with E-state index in [0.717, 1.165) is 48.1 Å². The van der Waals surface area contributed by atoms with E-state index in [1.165, 1.54) is 0 Å². The summed E-state index contributed by atoms with van der Waals surface area (Å²) < 4.78 is 31.7. The number of H-pyrrole nitrogens is 1. The maximum atomic E-state index is 11.6. The molecule has 0 aliphatic rings. The van der Waals surface area contributed by atoms with Crippen LogP contribution in [0.1, 0.15) is 46.8 Å². The summed E-state index contributed by atoms with van der Waals surface area (Å²) in [4.78, 5) is 28.4. The van der Waals surface area contributed by atoms with Gasteiger partial charge in [-0.3, -0.25) is 4.79 Å². The lowest BCUT2D eigenvalue weighted by atomic mass is 10.00. The standard InChI is InChI=1S/C27H28N4O2.C2HF3O2/c1-2-3-14-29-17-18-8-7-11-21(15-18)30-25(19-9-5-4-6-10-19)24-22-13-12-20(26(28)32)16-23(22)31-27(24)33;3-2(4,5)1(6)7/h4-13,15-16,29,31,33H,2-3,14,17H2,1H3,(H2,28,32);(H,6,7). The molecule has 1 heterocycles. The van der Waals surface area contributed by atoms with E-state index in [-0.39, 0.29) is 5.88 Å². The van der Waals surface area contributed by atoms with Crippen LogP contribution in [0.5, 0.6) is 5.88 Å². The number of carboxylic acid groups (broad SMARTS) is 1. The highest BCUT2D eigenvalue weighted by Crippen LogP contribution is 2.32. The Morgan fingerprint density at radius 2 is 1.70 bits per heavy atom. The van der Waals surface area contributed by atoms with E-state index >= 15 is 0 Å². The van der Waals surface area contributed by atoms with Gasteiger partial charge in [-0.25, -0.2) is 9.79 Å². The molecule has 6 N–H and O–H groups in total. The average molecular weight is 555 g/mol. The normalized spacial score (nSPS) is 11.7. The number of carbonyl (C=O) groups excluding carboxylic acids is 1.